The topological polar surface area (TPSA) is 72.6 Å². The molecule has 0 radical (unpaired) electrons. The van der Waals surface area contributed by atoms with Gasteiger partial charge in [-0.3, -0.25) is 4.79 Å². The molecule has 0 aliphatic heterocycles. The van der Waals surface area contributed by atoms with Crippen molar-refractivity contribution >= 4 is 6.29 Å². The van der Waals surface area contributed by atoms with Crippen molar-refractivity contribution < 1.29 is 19.1 Å². The fourth-order valence-electron chi connectivity index (χ4n) is 2.13. The van der Waals surface area contributed by atoms with E-state index < -0.39 is 0 Å². The summed E-state index contributed by atoms with van der Waals surface area (Å²) in [6, 6.07) is 14.1. The molecule has 3 aromatic rings. The zero-order valence-corrected chi connectivity index (χ0v) is 12.5. The molecule has 3 rings (SSSR count). The molecule has 0 spiro atoms. The molecular weight excluding hydrogens is 294 g/mol. The summed E-state index contributed by atoms with van der Waals surface area (Å²) in [5.74, 6) is 1.56. The molecule has 1 N–H and O–H groups in total. The maximum absolute atomic E-state index is 10.7. The van der Waals surface area contributed by atoms with Gasteiger partial charge in [-0.15, -0.1) is 0 Å². The van der Waals surface area contributed by atoms with E-state index in [2.05, 4.69) is 4.98 Å². The predicted molar refractivity (Wildman–Crippen MR) is 84.5 cm³/mol. The van der Waals surface area contributed by atoms with E-state index in [1.165, 1.54) is 12.1 Å². The average molecular weight is 309 g/mol. The molecule has 0 amide bonds. The molecule has 0 saturated heterocycles. The molecule has 23 heavy (non-hydrogen) atoms. The molecule has 0 fully saturated rings. The second-order valence-electron chi connectivity index (χ2n) is 5.02. The summed E-state index contributed by atoms with van der Waals surface area (Å²) in [6.07, 6.45) is 0.590. The number of benzene rings is 2. The molecule has 5 heteroatoms. The number of aromatic nitrogens is 1. The Bertz CT molecular complexity index is 824. The highest BCUT2D eigenvalue weighted by molar-refractivity contribution is 5.79. The predicted octanol–water partition coefficient (Wildman–Crippen LogP) is 3.75. The molecule has 1 heterocycles. The summed E-state index contributed by atoms with van der Waals surface area (Å²) in [5.41, 5.74) is 1.80. The average Bonchev–Trinajstić information content (AvgIpc) is 2.95. The van der Waals surface area contributed by atoms with Crippen molar-refractivity contribution in [3.8, 4) is 23.0 Å². The third kappa shape index (κ3) is 3.23. The third-order valence-corrected chi connectivity index (χ3v) is 3.42. The highest BCUT2D eigenvalue weighted by Gasteiger charge is 2.12. The molecule has 2 aromatic carbocycles. The Morgan fingerprint density at radius 3 is 2.70 bits per heavy atom. The first kappa shape index (κ1) is 14.8. The van der Waals surface area contributed by atoms with Gasteiger partial charge in [-0.05, 0) is 31.2 Å². The standard InChI is InChI=1S/C18H15NO4/c1-12-16(19-18(23-12)13-5-3-2-4-6-13)11-22-15-8-7-14(10-20)17(21)9-15/h2-10,21H,11H2,1H3. The molecule has 5 nitrogen and oxygen atoms in total. The number of phenolic OH excluding ortho intramolecular Hbond substituents is 1. The van der Waals surface area contributed by atoms with Crippen molar-refractivity contribution in [2.45, 2.75) is 13.5 Å². The van der Waals surface area contributed by atoms with Crippen molar-refractivity contribution in [2.75, 3.05) is 0 Å². The van der Waals surface area contributed by atoms with Crippen molar-refractivity contribution in [2.24, 2.45) is 0 Å². The largest absolute Gasteiger partial charge is 0.507 e. The van der Waals surface area contributed by atoms with Crippen LogP contribution in [-0.2, 0) is 6.61 Å². The summed E-state index contributed by atoms with van der Waals surface area (Å²) in [5, 5.41) is 9.65. The van der Waals surface area contributed by atoms with Gasteiger partial charge >= 0.3 is 0 Å². The highest BCUT2D eigenvalue weighted by Crippen LogP contribution is 2.25. The lowest BCUT2D eigenvalue weighted by molar-refractivity contribution is 0.112. The molecular formula is C18H15NO4. The fourth-order valence-corrected chi connectivity index (χ4v) is 2.13. The Labute approximate surface area is 133 Å². The first-order valence-corrected chi connectivity index (χ1v) is 7.10. The van der Waals surface area contributed by atoms with Crippen LogP contribution in [0.5, 0.6) is 11.5 Å². The van der Waals surface area contributed by atoms with Gasteiger partial charge in [0.25, 0.3) is 0 Å². The summed E-state index contributed by atoms with van der Waals surface area (Å²) in [6.45, 7) is 2.03. The summed E-state index contributed by atoms with van der Waals surface area (Å²) in [7, 11) is 0. The molecule has 0 aliphatic rings. The lowest BCUT2D eigenvalue weighted by Crippen LogP contribution is -1.98. The molecule has 0 bridgehead atoms. The molecule has 116 valence electrons. The van der Waals surface area contributed by atoms with Crippen LogP contribution in [0, 0.1) is 6.92 Å². The van der Waals surface area contributed by atoms with Gasteiger partial charge in [0.2, 0.25) is 5.89 Å². The van der Waals surface area contributed by atoms with E-state index in [4.69, 9.17) is 9.15 Å². The smallest absolute Gasteiger partial charge is 0.226 e. The van der Waals surface area contributed by atoms with Gasteiger partial charge in [0.05, 0.1) is 5.56 Å². The van der Waals surface area contributed by atoms with Gasteiger partial charge in [0, 0.05) is 11.6 Å². The Hall–Kier alpha value is -3.08. The quantitative estimate of drug-likeness (QED) is 0.727. The lowest BCUT2D eigenvalue weighted by Gasteiger charge is -2.05. The number of hydrogen-bond donors (Lipinski definition) is 1. The van der Waals surface area contributed by atoms with Crippen LogP contribution in [0.4, 0.5) is 0 Å². The number of rotatable bonds is 5. The van der Waals surface area contributed by atoms with Crippen LogP contribution in [-0.4, -0.2) is 16.4 Å². The van der Waals surface area contributed by atoms with Gasteiger partial charge < -0.3 is 14.3 Å². The van der Waals surface area contributed by atoms with Crippen LogP contribution < -0.4 is 4.74 Å². The van der Waals surface area contributed by atoms with Crippen molar-refractivity contribution in [1.82, 2.24) is 4.98 Å². The first-order valence-electron chi connectivity index (χ1n) is 7.10. The molecule has 0 aliphatic carbocycles. The number of nitrogens with zero attached hydrogens (tertiary/aromatic N) is 1. The highest BCUT2D eigenvalue weighted by atomic mass is 16.5. The minimum Gasteiger partial charge on any atom is -0.507 e. The van der Waals surface area contributed by atoms with E-state index in [9.17, 15) is 9.90 Å². The Kier molecular flexibility index (Phi) is 4.10. The van der Waals surface area contributed by atoms with Crippen LogP contribution in [0.2, 0.25) is 0 Å². The summed E-state index contributed by atoms with van der Waals surface area (Å²) < 4.78 is 11.3. The maximum Gasteiger partial charge on any atom is 0.226 e. The van der Waals surface area contributed by atoms with Gasteiger partial charge in [-0.1, -0.05) is 18.2 Å². The molecule has 0 unspecified atom stereocenters. The Morgan fingerprint density at radius 1 is 1.22 bits per heavy atom. The van der Waals surface area contributed by atoms with Crippen molar-refractivity contribution in [3.63, 3.8) is 0 Å². The van der Waals surface area contributed by atoms with Crippen LogP contribution in [0.1, 0.15) is 21.8 Å². The minimum atomic E-state index is -0.112. The SMILES string of the molecule is Cc1oc(-c2ccccc2)nc1COc1ccc(C=O)c(O)c1. The van der Waals surface area contributed by atoms with Gasteiger partial charge in [0.1, 0.15) is 29.6 Å². The van der Waals surface area contributed by atoms with E-state index in [-0.39, 0.29) is 17.9 Å². The summed E-state index contributed by atoms with van der Waals surface area (Å²) in [4.78, 5) is 15.1. The van der Waals surface area contributed by atoms with E-state index in [0.717, 1.165) is 5.56 Å². The number of aldehydes is 1. The van der Waals surface area contributed by atoms with E-state index >= 15 is 0 Å². The van der Waals surface area contributed by atoms with E-state index in [1.807, 2.05) is 37.3 Å². The van der Waals surface area contributed by atoms with E-state index in [0.29, 0.717) is 29.4 Å². The first-order chi connectivity index (χ1) is 11.2. The lowest BCUT2D eigenvalue weighted by atomic mass is 10.2. The van der Waals surface area contributed by atoms with Crippen LogP contribution in [0.25, 0.3) is 11.5 Å². The van der Waals surface area contributed by atoms with Crippen LogP contribution >= 0.6 is 0 Å². The zero-order valence-electron chi connectivity index (χ0n) is 12.5. The van der Waals surface area contributed by atoms with E-state index in [1.54, 1.807) is 6.07 Å². The number of phenols is 1. The molecule has 1 aromatic heterocycles. The number of aryl methyl sites for hydroxylation is 1. The second-order valence-corrected chi connectivity index (χ2v) is 5.02. The number of oxazole rings is 1. The Morgan fingerprint density at radius 2 is 2.00 bits per heavy atom. The number of aromatic hydroxyl groups is 1. The van der Waals surface area contributed by atoms with Crippen molar-refractivity contribution in [1.29, 1.82) is 0 Å². The van der Waals surface area contributed by atoms with Crippen molar-refractivity contribution in [3.05, 3.63) is 65.5 Å². The van der Waals surface area contributed by atoms with Gasteiger partial charge in [-0.25, -0.2) is 4.98 Å². The number of ether oxygens (including phenoxy) is 1. The summed E-state index contributed by atoms with van der Waals surface area (Å²) >= 11 is 0. The van der Waals surface area contributed by atoms with Gasteiger partial charge in [-0.2, -0.15) is 0 Å². The minimum absolute atomic E-state index is 0.112. The normalized spacial score (nSPS) is 10.5. The fraction of sp³-hybridized carbons (Fsp3) is 0.111. The van der Waals surface area contributed by atoms with Crippen LogP contribution in [0.15, 0.2) is 52.9 Å². The molecule has 0 atom stereocenters. The Balaban J connectivity index is 1.75. The second kappa shape index (κ2) is 6.36. The number of carbonyl (C=O) groups excluding carboxylic acids is 1. The maximum atomic E-state index is 10.7. The number of hydrogen-bond acceptors (Lipinski definition) is 5. The number of carbonyl (C=O) groups is 1. The third-order valence-electron chi connectivity index (χ3n) is 3.42. The monoisotopic (exact) mass is 309 g/mol. The molecule has 0 saturated carbocycles. The van der Waals surface area contributed by atoms with Gasteiger partial charge in [0.15, 0.2) is 6.29 Å². The van der Waals surface area contributed by atoms with Crippen LogP contribution in [0.3, 0.4) is 0 Å². The zero-order chi connectivity index (χ0) is 16.2.